The van der Waals surface area contributed by atoms with E-state index in [1.807, 2.05) is 26.0 Å². The van der Waals surface area contributed by atoms with E-state index in [0.717, 1.165) is 16.7 Å². The van der Waals surface area contributed by atoms with E-state index in [1.54, 1.807) is 24.3 Å². The van der Waals surface area contributed by atoms with Crippen LogP contribution in [0.3, 0.4) is 0 Å². The molecule has 5 heteroatoms. The Morgan fingerprint density at radius 2 is 1.90 bits per heavy atom. The van der Waals surface area contributed by atoms with E-state index in [0.29, 0.717) is 17.8 Å². The summed E-state index contributed by atoms with van der Waals surface area (Å²) in [6.45, 7) is 4.12. The van der Waals surface area contributed by atoms with E-state index in [-0.39, 0.29) is 5.69 Å². The first-order valence-electron chi connectivity index (χ1n) is 6.50. The molecule has 2 aromatic carbocycles. The summed E-state index contributed by atoms with van der Waals surface area (Å²) in [4.78, 5) is 10.7. The Labute approximate surface area is 123 Å². The summed E-state index contributed by atoms with van der Waals surface area (Å²) >= 11 is 0. The van der Waals surface area contributed by atoms with E-state index < -0.39 is 4.92 Å². The molecule has 0 saturated heterocycles. The molecule has 0 amide bonds. The molecule has 21 heavy (non-hydrogen) atoms. The van der Waals surface area contributed by atoms with Gasteiger partial charge in [0.05, 0.1) is 16.6 Å². The number of hydrogen-bond donors (Lipinski definition) is 1. The van der Waals surface area contributed by atoms with Crippen LogP contribution in [0.4, 0.5) is 11.4 Å². The molecule has 5 nitrogen and oxygen atoms in total. The SMILES string of the molecule is Cc1cc(NCc2ccccc2C#N)c([N+](=O)[O-])cc1C. The molecule has 0 aliphatic rings. The topological polar surface area (TPSA) is 79.0 Å². The zero-order valence-corrected chi connectivity index (χ0v) is 11.9. The maximum absolute atomic E-state index is 11.1. The number of nitrogens with zero attached hydrogens (tertiary/aromatic N) is 2. The molecule has 1 N–H and O–H groups in total. The third-order valence-electron chi connectivity index (χ3n) is 3.42. The van der Waals surface area contributed by atoms with Crippen molar-refractivity contribution in [2.45, 2.75) is 20.4 Å². The van der Waals surface area contributed by atoms with E-state index >= 15 is 0 Å². The highest BCUT2D eigenvalue weighted by molar-refractivity contribution is 5.64. The molecule has 106 valence electrons. The fourth-order valence-electron chi connectivity index (χ4n) is 2.07. The third-order valence-corrected chi connectivity index (χ3v) is 3.42. The molecule has 0 aliphatic carbocycles. The number of rotatable bonds is 4. The zero-order chi connectivity index (χ0) is 15.4. The van der Waals surface area contributed by atoms with Crippen LogP contribution >= 0.6 is 0 Å². The summed E-state index contributed by atoms with van der Waals surface area (Å²) in [5, 5.41) is 23.2. The van der Waals surface area contributed by atoms with Gasteiger partial charge in [-0.3, -0.25) is 10.1 Å². The van der Waals surface area contributed by atoms with Crippen LogP contribution in [0.25, 0.3) is 0 Å². The van der Waals surface area contributed by atoms with Crippen molar-refractivity contribution in [2.75, 3.05) is 5.32 Å². The summed E-state index contributed by atoms with van der Waals surface area (Å²) in [5.74, 6) is 0. The first-order valence-corrected chi connectivity index (χ1v) is 6.50. The Morgan fingerprint density at radius 3 is 2.57 bits per heavy atom. The first kappa shape index (κ1) is 14.5. The van der Waals surface area contributed by atoms with Gasteiger partial charge in [0.25, 0.3) is 5.69 Å². The third kappa shape index (κ3) is 3.18. The highest BCUT2D eigenvalue weighted by Crippen LogP contribution is 2.28. The minimum absolute atomic E-state index is 0.0486. The molecular formula is C16H15N3O2. The van der Waals surface area contributed by atoms with Gasteiger partial charge in [0, 0.05) is 12.6 Å². The molecular weight excluding hydrogens is 266 g/mol. The molecule has 0 radical (unpaired) electrons. The van der Waals surface area contributed by atoms with Crippen molar-refractivity contribution >= 4 is 11.4 Å². The summed E-state index contributed by atoms with van der Waals surface area (Å²) < 4.78 is 0. The predicted molar refractivity (Wildman–Crippen MR) is 81.1 cm³/mol. The molecule has 2 rings (SSSR count). The standard InChI is InChI=1S/C16H15N3O2/c1-11-7-15(16(19(20)21)8-12(11)2)18-10-14-6-4-3-5-13(14)9-17/h3-8,18H,10H2,1-2H3. The van der Waals surface area contributed by atoms with Crippen LogP contribution < -0.4 is 5.32 Å². The van der Waals surface area contributed by atoms with Crippen molar-refractivity contribution in [1.82, 2.24) is 0 Å². The van der Waals surface area contributed by atoms with Gasteiger partial charge in [0.1, 0.15) is 5.69 Å². The Hall–Kier alpha value is -2.87. The molecule has 0 fully saturated rings. The zero-order valence-electron chi connectivity index (χ0n) is 11.9. The van der Waals surface area contributed by atoms with Crippen LogP contribution in [-0.2, 0) is 6.54 Å². The van der Waals surface area contributed by atoms with Crippen LogP contribution in [0.1, 0.15) is 22.3 Å². The fraction of sp³-hybridized carbons (Fsp3) is 0.188. The Bertz CT molecular complexity index is 733. The van der Waals surface area contributed by atoms with Gasteiger partial charge in [-0.2, -0.15) is 5.26 Å². The number of nitro benzene ring substituents is 1. The normalized spacial score (nSPS) is 9.95. The van der Waals surface area contributed by atoms with Crippen molar-refractivity contribution in [1.29, 1.82) is 5.26 Å². The second kappa shape index (κ2) is 6.06. The van der Waals surface area contributed by atoms with Crippen LogP contribution in [-0.4, -0.2) is 4.92 Å². The molecule has 0 heterocycles. The minimum atomic E-state index is -0.398. The van der Waals surface area contributed by atoms with Gasteiger partial charge in [-0.15, -0.1) is 0 Å². The van der Waals surface area contributed by atoms with E-state index in [2.05, 4.69) is 11.4 Å². The van der Waals surface area contributed by atoms with Gasteiger partial charge in [-0.1, -0.05) is 18.2 Å². The number of hydrogen-bond acceptors (Lipinski definition) is 4. The van der Waals surface area contributed by atoms with Crippen LogP contribution in [0, 0.1) is 35.3 Å². The van der Waals surface area contributed by atoms with E-state index in [1.165, 1.54) is 0 Å². The highest BCUT2D eigenvalue weighted by atomic mass is 16.6. The lowest BCUT2D eigenvalue weighted by atomic mass is 10.1. The summed E-state index contributed by atoms with van der Waals surface area (Å²) in [5.41, 5.74) is 3.76. The lowest BCUT2D eigenvalue weighted by Crippen LogP contribution is -2.05. The fourth-order valence-corrected chi connectivity index (χ4v) is 2.07. The smallest absolute Gasteiger partial charge is 0.292 e. The maximum Gasteiger partial charge on any atom is 0.292 e. The summed E-state index contributed by atoms with van der Waals surface area (Å²) in [6, 6.07) is 12.6. The number of aryl methyl sites for hydroxylation is 2. The molecule has 0 aliphatic heterocycles. The van der Waals surface area contributed by atoms with Crippen molar-refractivity contribution in [3.05, 3.63) is 68.8 Å². The van der Waals surface area contributed by atoms with Gasteiger partial charge < -0.3 is 5.32 Å². The number of anilines is 1. The number of nitro groups is 1. The maximum atomic E-state index is 11.1. The predicted octanol–water partition coefficient (Wildman–Crippen LogP) is 3.70. The molecule has 2 aromatic rings. The van der Waals surface area contributed by atoms with Crippen LogP contribution in [0.2, 0.25) is 0 Å². The van der Waals surface area contributed by atoms with Crippen molar-refractivity contribution in [3.8, 4) is 6.07 Å². The monoisotopic (exact) mass is 281 g/mol. The summed E-state index contributed by atoms with van der Waals surface area (Å²) in [6.07, 6.45) is 0. The second-order valence-electron chi connectivity index (χ2n) is 4.83. The lowest BCUT2D eigenvalue weighted by Gasteiger charge is -2.10. The average molecular weight is 281 g/mol. The molecule has 0 spiro atoms. The average Bonchev–Trinajstić information content (AvgIpc) is 2.48. The van der Waals surface area contributed by atoms with Gasteiger partial charge in [-0.25, -0.2) is 0 Å². The Kier molecular flexibility index (Phi) is 4.19. The number of benzene rings is 2. The van der Waals surface area contributed by atoms with Crippen LogP contribution in [0.15, 0.2) is 36.4 Å². The number of nitriles is 1. The second-order valence-corrected chi connectivity index (χ2v) is 4.83. The van der Waals surface area contributed by atoms with Gasteiger partial charge in [0.15, 0.2) is 0 Å². The van der Waals surface area contributed by atoms with Gasteiger partial charge in [0.2, 0.25) is 0 Å². The largest absolute Gasteiger partial charge is 0.375 e. The van der Waals surface area contributed by atoms with Gasteiger partial charge >= 0.3 is 0 Å². The molecule has 0 saturated carbocycles. The summed E-state index contributed by atoms with van der Waals surface area (Å²) in [7, 11) is 0. The lowest BCUT2D eigenvalue weighted by molar-refractivity contribution is -0.384. The van der Waals surface area contributed by atoms with Crippen LogP contribution in [0.5, 0.6) is 0 Å². The Balaban J connectivity index is 2.30. The van der Waals surface area contributed by atoms with Gasteiger partial charge in [-0.05, 0) is 42.7 Å². The quantitative estimate of drug-likeness (QED) is 0.684. The highest BCUT2D eigenvalue weighted by Gasteiger charge is 2.15. The van der Waals surface area contributed by atoms with Crippen molar-refractivity contribution in [2.24, 2.45) is 0 Å². The molecule has 0 atom stereocenters. The van der Waals surface area contributed by atoms with E-state index in [9.17, 15) is 10.1 Å². The number of nitrogens with one attached hydrogen (secondary N) is 1. The molecule has 0 aromatic heterocycles. The molecule has 0 unspecified atom stereocenters. The first-order chi connectivity index (χ1) is 10.0. The minimum Gasteiger partial charge on any atom is -0.375 e. The van der Waals surface area contributed by atoms with Crippen molar-refractivity contribution in [3.63, 3.8) is 0 Å². The van der Waals surface area contributed by atoms with Crippen molar-refractivity contribution < 1.29 is 4.92 Å². The van der Waals surface area contributed by atoms with E-state index in [4.69, 9.17) is 5.26 Å². The molecule has 0 bridgehead atoms. The Morgan fingerprint density at radius 1 is 1.24 bits per heavy atom.